The molecule has 1 aromatic carbocycles. The number of piperidine rings is 1. The SMILES string of the molecule is CS(=O)Nc1ccc(Cl)cc1C(=O)N1CCCCC1c1cc2nc(Cl)cc(N3CCNCC3)n2n1. The van der Waals surface area contributed by atoms with E-state index < -0.39 is 11.0 Å². The lowest BCUT2D eigenvalue weighted by molar-refractivity contribution is 0.0607. The van der Waals surface area contributed by atoms with Crippen LogP contribution < -0.4 is 14.9 Å². The fourth-order valence-corrected chi connectivity index (χ4v) is 5.65. The molecule has 0 spiro atoms. The number of hydrogen-bond acceptors (Lipinski definition) is 6. The number of piperazine rings is 1. The molecule has 3 aromatic rings. The first-order chi connectivity index (χ1) is 16.9. The fourth-order valence-electron chi connectivity index (χ4n) is 4.80. The van der Waals surface area contributed by atoms with Crippen LogP contribution in [0.5, 0.6) is 0 Å². The smallest absolute Gasteiger partial charge is 0.256 e. The Bertz CT molecular complexity index is 1280. The number of amides is 1. The van der Waals surface area contributed by atoms with Gasteiger partial charge in [0.25, 0.3) is 5.91 Å². The molecule has 2 N–H and O–H groups in total. The number of fused-ring (bicyclic) bond motifs is 1. The summed E-state index contributed by atoms with van der Waals surface area (Å²) in [4.78, 5) is 22.3. The Hall–Kier alpha value is -2.40. The second-order valence-electron chi connectivity index (χ2n) is 8.77. The fraction of sp³-hybridized carbons (Fsp3) is 0.435. The lowest BCUT2D eigenvalue weighted by Gasteiger charge is -2.35. The topological polar surface area (TPSA) is 94.9 Å². The summed E-state index contributed by atoms with van der Waals surface area (Å²) in [5.74, 6) is 0.726. The van der Waals surface area contributed by atoms with E-state index in [9.17, 15) is 9.00 Å². The maximum Gasteiger partial charge on any atom is 0.256 e. The molecule has 2 aliphatic rings. The maximum absolute atomic E-state index is 13.8. The van der Waals surface area contributed by atoms with Crippen molar-refractivity contribution in [2.24, 2.45) is 0 Å². The molecule has 0 aliphatic carbocycles. The molecule has 186 valence electrons. The molecule has 2 fully saturated rings. The van der Waals surface area contributed by atoms with Crippen LogP contribution in [0, 0.1) is 0 Å². The molecule has 2 aromatic heterocycles. The van der Waals surface area contributed by atoms with Crippen molar-refractivity contribution >= 4 is 57.2 Å². The van der Waals surface area contributed by atoms with Crippen molar-refractivity contribution in [3.63, 3.8) is 0 Å². The number of anilines is 2. The summed E-state index contributed by atoms with van der Waals surface area (Å²) >= 11 is 12.6. The third kappa shape index (κ3) is 5.11. The van der Waals surface area contributed by atoms with Gasteiger partial charge in [-0.15, -0.1) is 0 Å². The molecule has 2 atom stereocenters. The molecule has 12 heteroatoms. The normalized spacial score (nSPS) is 19.7. The van der Waals surface area contributed by atoms with Gasteiger partial charge in [-0.3, -0.25) is 4.79 Å². The first kappa shape index (κ1) is 24.3. The molecule has 0 saturated carbocycles. The van der Waals surface area contributed by atoms with Gasteiger partial charge in [0, 0.05) is 56.1 Å². The van der Waals surface area contributed by atoms with Gasteiger partial charge in [-0.25, -0.2) is 9.19 Å². The number of halogens is 2. The number of aromatic nitrogens is 3. The van der Waals surface area contributed by atoms with Crippen LogP contribution in [0.2, 0.25) is 10.2 Å². The zero-order chi connectivity index (χ0) is 24.5. The number of carbonyl (C=O) groups is 1. The monoisotopic (exact) mass is 535 g/mol. The second-order valence-corrected chi connectivity index (χ2v) is 10.7. The van der Waals surface area contributed by atoms with E-state index in [1.165, 1.54) is 6.26 Å². The lowest BCUT2D eigenvalue weighted by Crippen LogP contribution is -2.44. The van der Waals surface area contributed by atoms with E-state index in [4.69, 9.17) is 28.3 Å². The van der Waals surface area contributed by atoms with Crippen molar-refractivity contribution in [3.05, 3.63) is 51.8 Å². The minimum atomic E-state index is -1.33. The zero-order valence-corrected chi connectivity index (χ0v) is 21.7. The second kappa shape index (κ2) is 10.3. The van der Waals surface area contributed by atoms with Gasteiger partial charge >= 0.3 is 0 Å². The standard InChI is InChI=1S/C23H27Cl2N7O2S/c1-35(34)29-17-6-5-15(24)12-16(17)23(33)31-9-3-2-4-19(31)18-13-21-27-20(25)14-22(32(21)28-18)30-10-7-26-8-11-30/h5-6,12-14,19,26,29H,2-4,7-11H2,1H3. The summed E-state index contributed by atoms with van der Waals surface area (Å²) in [6.45, 7) is 4.07. The predicted octanol–water partition coefficient (Wildman–Crippen LogP) is 3.52. The van der Waals surface area contributed by atoms with Crippen LogP contribution in [0.1, 0.15) is 41.4 Å². The van der Waals surface area contributed by atoms with Gasteiger partial charge in [-0.2, -0.15) is 9.61 Å². The lowest BCUT2D eigenvalue weighted by atomic mass is 9.98. The van der Waals surface area contributed by atoms with E-state index in [-0.39, 0.29) is 11.9 Å². The molecule has 5 rings (SSSR count). The van der Waals surface area contributed by atoms with Gasteiger partial charge in [0.2, 0.25) is 0 Å². The largest absolute Gasteiger partial charge is 0.354 e. The minimum absolute atomic E-state index is 0.171. The van der Waals surface area contributed by atoms with E-state index in [1.807, 2.05) is 21.5 Å². The Morgan fingerprint density at radius 1 is 1.14 bits per heavy atom. The Morgan fingerprint density at radius 2 is 1.94 bits per heavy atom. The zero-order valence-electron chi connectivity index (χ0n) is 19.3. The molecule has 2 aliphatic heterocycles. The maximum atomic E-state index is 13.8. The Balaban J connectivity index is 1.52. The van der Waals surface area contributed by atoms with Crippen molar-refractivity contribution in [2.75, 3.05) is 48.6 Å². The number of rotatable bonds is 5. The van der Waals surface area contributed by atoms with Crippen LogP contribution in [0.15, 0.2) is 30.3 Å². The van der Waals surface area contributed by atoms with Gasteiger partial charge in [0.15, 0.2) is 5.65 Å². The van der Waals surface area contributed by atoms with Gasteiger partial charge in [-0.1, -0.05) is 23.2 Å². The van der Waals surface area contributed by atoms with Crippen LogP contribution >= 0.6 is 23.2 Å². The van der Waals surface area contributed by atoms with Crippen molar-refractivity contribution in [1.82, 2.24) is 24.8 Å². The highest BCUT2D eigenvalue weighted by Gasteiger charge is 2.32. The Labute approximate surface area is 216 Å². The van der Waals surface area contributed by atoms with Crippen LogP contribution in [0.4, 0.5) is 11.5 Å². The average Bonchev–Trinajstić information content (AvgIpc) is 3.28. The first-order valence-corrected chi connectivity index (χ1v) is 13.9. The van der Waals surface area contributed by atoms with Crippen molar-refractivity contribution < 1.29 is 9.00 Å². The Kier molecular flexibility index (Phi) is 7.15. The number of benzene rings is 1. The molecule has 2 saturated heterocycles. The number of hydrogen-bond donors (Lipinski definition) is 2. The van der Waals surface area contributed by atoms with Crippen molar-refractivity contribution in [3.8, 4) is 0 Å². The molecule has 35 heavy (non-hydrogen) atoms. The summed E-state index contributed by atoms with van der Waals surface area (Å²) < 4.78 is 16.5. The van der Waals surface area contributed by atoms with Crippen LogP contribution in [-0.4, -0.2) is 68.6 Å². The number of nitrogens with one attached hydrogen (secondary N) is 2. The van der Waals surface area contributed by atoms with Gasteiger partial charge in [0.05, 0.1) is 23.0 Å². The van der Waals surface area contributed by atoms with Crippen LogP contribution in [0.3, 0.4) is 0 Å². The van der Waals surface area contributed by atoms with E-state index in [1.54, 1.807) is 18.2 Å². The third-order valence-corrected chi connectivity index (χ3v) is 7.34. The van der Waals surface area contributed by atoms with E-state index in [0.717, 1.165) is 57.0 Å². The minimum Gasteiger partial charge on any atom is -0.354 e. The van der Waals surface area contributed by atoms with E-state index >= 15 is 0 Å². The molecule has 0 bridgehead atoms. The summed E-state index contributed by atoms with van der Waals surface area (Å²) in [5, 5.41) is 9.14. The molecular formula is C23H27Cl2N7O2S. The first-order valence-electron chi connectivity index (χ1n) is 11.6. The number of likely N-dealkylation sites (tertiary alicyclic amines) is 1. The van der Waals surface area contributed by atoms with Gasteiger partial charge in [0.1, 0.15) is 22.0 Å². The highest BCUT2D eigenvalue weighted by Crippen LogP contribution is 2.34. The predicted molar refractivity (Wildman–Crippen MR) is 140 cm³/mol. The van der Waals surface area contributed by atoms with Crippen molar-refractivity contribution in [1.29, 1.82) is 0 Å². The van der Waals surface area contributed by atoms with E-state index in [2.05, 4.69) is 19.9 Å². The van der Waals surface area contributed by atoms with Crippen molar-refractivity contribution in [2.45, 2.75) is 25.3 Å². The average molecular weight is 536 g/mol. The third-order valence-electron chi connectivity index (χ3n) is 6.41. The molecule has 9 nitrogen and oxygen atoms in total. The highest BCUT2D eigenvalue weighted by atomic mass is 35.5. The summed E-state index contributed by atoms with van der Waals surface area (Å²) in [6, 6.07) is 8.54. The van der Waals surface area contributed by atoms with Gasteiger partial charge in [-0.05, 0) is 37.5 Å². The number of carbonyl (C=O) groups excluding carboxylic acids is 1. The van der Waals surface area contributed by atoms with E-state index in [0.29, 0.717) is 33.6 Å². The van der Waals surface area contributed by atoms with Gasteiger partial charge < -0.3 is 19.8 Å². The molecule has 2 unspecified atom stereocenters. The number of nitrogens with zero attached hydrogens (tertiary/aromatic N) is 5. The Morgan fingerprint density at radius 3 is 2.71 bits per heavy atom. The molecule has 0 radical (unpaired) electrons. The quantitative estimate of drug-likeness (QED) is 0.485. The highest BCUT2D eigenvalue weighted by molar-refractivity contribution is 7.85. The summed E-state index contributed by atoms with van der Waals surface area (Å²) in [6.07, 6.45) is 4.20. The molecule has 1 amide bonds. The van der Waals surface area contributed by atoms with Crippen LogP contribution in [-0.2, 0) is 11.0 Å². The summed E-state index contributed by atoms with van der Waals surface area (Å²) in [7, 11) is -1.33. The molecular weight excluding hydrogens is 509 g/mol. The molecule has 4 heterocycles. The van der Waals surface area contributed by atoms with Crippen LogP contribution in [0.25, 0.3) is 5.65 Å². The summed E-state index contributed by atoms with van der Waals surface area (Å²) in [5.41, 5.74) is 2.32.